The number of hydrogen-bond acceptors (Lipinski definition) is 3. The molecule has 0 aliphatic rings. The summed E-state index contributed by atoms with van der Waals surface area (Å²) in [7, 11) is 3.11. The number of amides is 1. The highest BCUT2D eigenvalue weighted by molar-refractivity contribution is 7.98. The summed E-state index contributed by atoms with van der Waals surface area (Å²) < 4.78 is 4.49. The Morgan fingerprint density at radius 1 is 1.70 bits per heavy atom. The molecular weight excluding hydrogens is 150 g/mol. The molecule has 0 saturated heterocycles. The molecule has 0 atom stereocenters. The van der Waals surface area contributed by atoms with E-state index in [1.807, 2.05) is 6.26 Å². The lowest BCUT2D eigenvalue weighted by atomic mass is 10.7. The second kappa shape index (κ2) is 5.41. The molecule has 0 aromatic carbocycles. The zero-order chi connectivity index (χ0) is 7.98. The van der Waals surface area contributed by atoms with Crippen LogP contribution in [0.15, 0.2) is 0 Å². The van der Waals surface area contributed by atoms with Crippen LogP contribution < -0.4 is 0 Å². The summed E-state index contributed by atoms with van der Waals surface area (Å²) >= 11 is 1.71. The normalized spacial score (nSPS) is 9.10. The first kappa shape index (κ1) is 9.62. The molecule has 4 heteroatoms. The van der Waals surface area contributed by atoms with Crippen molar-refractivity contribution in [2.24, 2.45) is 0 Å². The summed E-state index contributed by atoms with van der Waals surface area (Å²) in [6.07, 6.45) is 1.74. The molecule has 0 bridgehead atoms. The molecule has 0 fully saturated rings. The number of carbonyl (C=O) groups excluding carboxylic acids is 1. The fraction of sp³-hybridized carbons (Fsp3) is 0.833. The van der Waals surface area contributed by atoms with Crippen molar-refractivity contribution in [3.8, 4) is 0 Å². The Hall–Kier alpha value is -0.380. The third-order valence-corrected chi connectivity index (χ3v) is 1.71. The lowest BCUT2D eigenvalue weighted by Crippen LogP contribution is -2.28. The highest BCUT2D eigenvalue weighted by atomic mass is 32.2. The van der Waals surface area contributed by atoms with E-state index in [1.165, 1.54) is 7.11 Å². The van der Waals surface area contributed by atoms with Gasteiger partial charge in [-0.15, -0.1) is 0 Å². The first-order valence-electron chi connectivity index (χ1n) is 3.00. The van der Waals surface area contributed by atoms with Gasteiger partial charge in [-0.05, 0) is 6.26 Å². The minimum absolute atomic E-state index is 0.269. The molecule has 3 nitrogen and oxygen atoms in total. The largest absolute Gasteiger partial charge is 0.453 e. The number of thioether (sulfide) groups is 1. The standard InChI is InChI=1S/C6H13NO2S/c1-7(4-5-10-3)6(8)9-2/h4-5H2,1-3H3. The molecule has 0 heterocycles. The van der Waals surface area contributed by atoms with E-state index in [1.54, 1.807) is 23.7 Å². The summed E-state index contributed by atoms with van der Waals surface area (Å²) in [5.41, 5.74) is 0. The predicted octanol–water partition coefficient (Wildman–Crippen LogP) is 1.05. The molecule has 60 valence electrons. The highest BCUT2D eigenvalue weighted by Crippen LogP contribution is 1.94. The number of hydrogen-bond donors (Lipinski definition) is 0. The maximum atomic E-state index is 10.7. The summed E-state index contributed by atoms with van der Waals surface area (Å²) in [5, 5.41) is 0. The van der Waals surface area contributed by atoms with Crippen LogP contribution in [-0.4, -0.2) is 43.7 Å². The van der Waals surface area contributed by atoms with Gasteiger partial charge in [-0.2, -0.15) is 11.8 Å². The van der Waals surface area contributed by atoms with E-state index < -0.39 is 0 Å². The smallest absolute Gasteiger partial charge is 0.409 e. The Morgan fingerprint density at radius 2 is 2.30 bits per heavy atom. The van der Waals surface area contributed by atoms with E-state index in [4.69, 9.17) is 0 Å². The number of rotatable bonds is 3. The third-order valence-electron chi connectivity index (χ3n) is 1.12. The Bertz CT molecular complexity index is 108. The average molecular weight is 163 g/mol. The second-order valence-corrected chi connectivity index (χ2v) is 2.87. The van der Waals surface area contributed by atoms with Crippen molar-refractivity contribution >= 4 is 17.9 Å². The van der Waals surface area contributed by atoms with Gasteiger partial charge in [0, 0.05) is 19.3 Å². The van der Waals surface area contributed by atoms with Gasteiger partial charge in [0.15, 0.2) is 0 Å². The summed E-state index contributed by atoms with van der Waals surface area (Å²) in [6.45, 7) is 0.744. The molecule has 0 spiro atoms. The number of nitrogens with zero attached hydrogens (tertiary/aromatic N) is 1. The van der Waals surface area contributed by atoms with E-state index in [2.05, 4.69) is 4.74 Å². The van der Waals surface area contributed by atoms with E-state index in [9.17, 15) is 4.79 Å². The molecule has 0 rings (SSSR count). The van der Waals surface area contributed by atoms with Gasteiger partial charge < -0.3 is 9.64 Å². The fourth-order valence-corrected chi connectivity index (χ4v) is 0.932. The van der Waals surface area contributed by atoms with Crippen molar-refractivity contribution in [1.29, 1.82) is 0 Å². The molecular formula is C6H13NO2S. The average Bonchev–Trinajstić information content (AvgIpc) is 1.98. The van der Waals surface area contributed by atoms with Crippen molar-refractivity contribution in [3.05, 3.63) is 0 Å². The van der Waals surface area contributed by atoms with Crippen molar-refractivity contribution in [1.82, 2.24) is 4.90 Å². The van der Waals surface area contributed by atoms with Crippen LogP contribution in [0.3, 0.4) is 0 Å². The Kier molecular flexibility index (Phi) is 5.20. The number of carbonyl (C=O) groups is 1. The topological polar surface area (TPSA) is 29.5 Å². The fourth-order valence-electron chi connectivity index (χ4n) is 0.475. The Labute approximate surface area is 65.7 Å². The van der Waals surface area contributed by atoms with Crippen LogP contribution in [0.5, 0.6) is 0 Å². The van der Waals surface area contributed by atoms with Crippen LogP contribution in [0, 0.1) is 0 Å². The van der Waals surface area contributed by atoms with Crippen LogP contribution in [0.2, 0.25) is 0 Å². The zero-order valence-electron chi connectivity index (χ0n) is 6.59. The van der Waals surface area contributed by atoms with Gasteiger partial charge in [0.2, 0.25) is 0 Å². The minimum atomic E-state index is -0.269. The molecule has 10 heavy (non-hydrogen) atoms. The van der Waals surface area contributed by atoms with Gasteiger partial charge in [0.25, 0.3) is 0 Å². The van der Waals surface area contributed by atoms with E-state index in [0.29, 0.717) is 0 Å². The first-order chi connectivity index (χ1) is 4.72. The lowest BCUT2D eigenvalue weighted by Gasteiger charge is -2.13. The van der Waals surface area contributed by atoms with Gasteiger partial charge in [0.05, 0.1) is 7.11 Å². The number of methoxy groups -OCH3 is 1. The van der Waals surface area contributed by atoms with Gasteiger partial charge in [0.1, 0.15) is 0 Å². The van der Waals surface area contributed by atoms with Crippen molar-refractivity contribution in [3.63, 3.8) is 0 Å². The van der Waals surface area contributed by atoms with Crippen LogP contribution in [0.4, 0.5) is 4.79 Å². The van der Waals surface area contributed by atoms with E-state index >= 15 is 0 Å². The third kappa shape index (κ3) is 3.61. The summed E-state index contributed by atoms with van der Waals surface area (Å²) in [6, 6.07) is 0. The SMILES string of the molecule is COC(=O)N(C)CCSC. The molecule has 1 amide bonds. The molecule has 0 saturated carbocycles. The molecule has 0 aromatic heterocycles. The minimum Gasteiger partial charge on any atom is -0.453 e. The van der Waals surface area contributed by atoms with Crippen molar-refractivity contribution < 1.29 is 9.53 Å². The van der Waals surface area contributed by atoms with Gasteiger partial charge in [-0.1, -0.05) is 0 Å². The van der Waals surface area contributed by atoms with E-state index in [-0.39, 0.29) is 6.09 Å². The second-order valence-electron chi connectivity index (χ2n) is 1.88. The molecule has 0 aromatic rings. The Morgan fingerprint density at radius 3 is 2.70 bits per heavy atom. The highest BCUT2D eigenvalue weighted by Gasteiger charge is 2.05. The first-order valence-corrected chi connectivity index (χ1v) is 4.39. The van der Waals surface area contributed by atoms with Crippen molar-refractivity contribution in [2.75, 3.05) is 32.7 Å². The van der Waals surface area contributed by atoms with Crippen LogP contribution in [-0.2, 0) is 4.74 Å². The number of ether oxygens (including phenoxy) is 1. The van der Waals surface area contributed by atoms with Gasteiger partial charge in [-0.25, -0.2) is 4.79 Å². The van der Waals surface area contributed by atoms with Gasteiger partial charge in [-0.3, -0.25) is 0 Å². The monoisotopic (exact) mass is 163 g/mol. The quantitative estimate of drug-likeness (QED) is 0.622. The molecule has 0 radical (unpaired) electrons. The molecule has 0 aliphatic carbocycles. The summed E-state index contributed by atoms with van der Waals surface area (Å²) in [5.74, 6) is 0.950. The maximum Gasteiger partial charge on any atom is 0.409 e. The van der Waals surface area contributed by atoms with Crippen LogP contribution in [0.25, 0.3) is 0 Å². The molecule has 0 N–H and O–H groups in total. The maximum absolute atomic E-state index is 10.7. The zero-order valence-corrected chi connectivity index (χ0v) is 7.40. The van der Waals surface area contributed by atoms with Crippen LogP contribution in [0.1, 0.15) is 0 Å². The predicted molar refractivity (Wildman–Crippen MR) is 43.4 cm³/mol. The Balaban J connectivity index is 3.41. The van der Waals surface area contributed by atoms with Crippen LogP contribution >= 0.6 is 11.8 Å². The molecule has 0 unspecified atom stereocenters. The van der Waals surface area contributed by atoms with Crippen molar-refractivity contribution in [2.45, 2.75) is 0 Å². The summed E-state index contributed by atoms with van der Waals surface area (Å²) in [4.78, 5) is 12.3. The lowest BCUT2D eigenvalue weighted by molar-refractivity contribution is 0.135. The van der Waals surface area contributed by atoms with E-state index in [0.717, 1.165) is 12.3 Å². The van der Waals surface area contributed by atoms with Gasteiger partial charge >= 0.3 is 6.09 Å². The molecule has 0 aliphatic heterocycles.